The van der Waals surface area contributed by atoms with E-state index in [4.69, 9.17) is 4.74 Å². The Morgan fingerprint density at radius 1 is 1.29 bits per heavy atom. The summed E-state index contributed by atoms with van der Waals surface area (Å²) in [7, 11) is 2.02. The standard InChI is InChI=1S/C14H17NO2/c1-9(2)17-14(16)11-5-6-13-12(8-11)7-10(3)15(13)4/h5-9H,1-4H3. The van der Waals surface area contributed by atoms with Gasteiger partial charge in [0, 0.05) is 23.6 Å². The third kappa shape index (κ3) is 2.18. The molecule has 3 heteroatoms. The highest BCUT2D eigenvalue weighted by Crippen LogP contribution is 2.20. The topological polar surface area (TPSA) is 31.2 Å². The Kier molecular flexibility index (Phi) is 2.92. The van der Waals surface area contributed by atoms with Crippen molar-refractivity contribution in [3.05, 3.63) is 35.5 Å². The van der Waals surface area contributed by atoms with Crippen molar-refractivity contribution in [1.82, 2.24) is 4.57 Å². The van der Waals surface area contributed by atoms with Crippen LogP contribution in [0.4, 0.5) is 0 Å². The number of esters is 1. The smallest absolute Gasteiger partial charge is 0.338 e. The Bertz CT molecular complexity index is 567. The number of nitrogens with zero attached hydrogens (tertiary/aromatic N) is 1. The summed E-state index contributed by atoms with van der Waals surface area (Å²) in [6.07, 6.45) is -0.0873. The number of rotatable bonds is 2. The van der Waals surface area contributed by atoms with Gasteiger partial charge in [-0.3, -0.25) is 0 Å². The highest BCUT2D eigenvalue weighted by molar-refractivity contribution is 5.95. The molecule has 0 amide bonds. The van der Waals surface area contributed by atoms with Gasteiger partial charge in [-0.25, -0.2) is 4.79 Å². The van der Waals surface area contributed by atoms with Gasteiger partial charge in [0.15, 0.2) is 0 Å². The van der Waals surface area contributed by atoms with Crippen LogP contribution in [0.5, 0.6) is 0 Å². The molecule has 0 aliphatic carbocycles. The van der Waals surface area contributed by atoms with Crippen molar-refractivity contribution in [3.8, 4) is 0 Å². The first-order chi connectivity index (χ1) is 7.99. The Labute approximate surface area is 101 Å². The van der Waals surface area contributed by atoms with Crippen molar-refractivity contribution in [2.24, 2.45) is 7.05 Å². The van der Waals surface area contributed by atoms with Gasteiger partial charge in [-0.15, -0.1) is 0 Å². The van der Waals surface area contributed by atoms with Crippen LogP contribution >= 0.6 is 0 Å². The van der Waals surface area contributed by atoms with Gasteiger partial charge in [-0.05, 0) is 45.0 Å². The summed E-state index contributed by atoms with van der Waals surface area (Å²) in [5.41, 5.74) is 2.91. The van der Waals surface area contributed by atoms with Gasteiger partial charge >= 0.3 is 5.97 Å². The fraction of sp³-hybridized carbons (Fsp3) is 0.357. The van der Waals surface area contributed by atoms with Crippen LogP contribution in [-0.2, 0) is 11.8 Å². The van der Waals surface area contributed by atoms with E-state index in [-0.39, 0.29) is 12.1 Å². The molecule has 0 radical (unpaired) electrons. The monoisotopic (exact) mass is 231 g/mol. The average Bonchev–Trinajstić information content (AvgIpc) is 2.53. The van der Waals surface area contributed by atoms with E-state index < -0.39 is 0 Å². The lowest BCUT2D eigenvalue weighted by Gasteiger charge is -2.07. The number of hydrogen-bond donors (Lipinski definition) is 0. The lowest BCUT2D eigenvalue weighted by Crippen LogP contribution is -2.11. The Morgan fingerprint density at radius 3 is 2.65 bits per heavy atom. The van der Waals surface area contributed by atoms with E-state index in [1.165, 1.54) is 5.69 Å². The molecule has 0 unspecified atom stereocenters. The molecule has 1 heterocycles. The quantitative estimate of drug-likeness (QED) is 0.744. The predicted octanol–water partition coefficient (Wildman–Crippen LogP) is 3.05. The molecule has 0 saturated heterocycles. The minimum absolute atomic E-state index is 0.0873. The number of ether oxygens (including phenoxy) is 1. The first-order valence-electron chi connectivity index (χ1n) is 5.76. The van der Waals surface area contributed by atoms with E-state index in [2.05, 4.69) is 10.6 Å². The second-order valence-electron chi connectivity index (χ2n) is 4.57. The van der Waals surface area contributed by atoms with Crippen LogP contribution in [0.3, 0.4) is 0 Å². The normalized spacial score (nSPS) is 11.1. The molecule has 3 nitrogen and oxygen atoms in total. The molecular formula is C14H17NO2. The predicted molar refractivity (Wildman–Crippen MR) is 68.2 cm³/mol. The third-order valence-corrected chi connectivity index (χ3v) is 2.86. The van der Waals surface area contributed by atoms with Crippen LogP contribution in [0.1, 0.15) is 29.9 Å². The third-order valence-electron chi connectivity index (χ3n) is 2.86. The van der Waals surface area contributed by atoms with Crippen LogP contribution in [0.15, 0.2) is 24.3 Å². The number of aromatic nitrogens is 1. The summed E-state index contributed by atoms with van der Waals surface area (Å²) >= 11 is 0. The molecule has 2 rings (SSSR count). The van der Waals surface area contributed by atoms with E-state index in [1.807, 2.05) is 46.0 Å². The summed E-state index contributed by atoms with van der Waals surface area (Å²) in [6, 6.07) is 7.72. The van der Waals surface area contributed by atoms with E-state index >= 15 is 0 Å². The van der Waals surface area contributed by atoms with Crippen molar-refractivity contribution < 1.29 is 9.53 Å². The molecular weight excluding hydrogens is 214 g/mol. The maximum absolute atomic E-state index is 11.8. The van der Waals surface area contributed by atoms with Crippen LogP contribution < -0.4 is 0 Å². The minimum atomic E-state index is -0.261. The van der Waals surface area contributed by atoms with Gasteiger partial charge < -0.3 is 9.30 Å². The number of aryl methyl sites for hydroxylation is 2. The Balaban J connectivity index is 2.41. The average molecular weight is 231 g/mol. The SMILES string of the molecule is Cc1cc2cc(C(=O)OC(C)C)ccc2n1C. The van der Waals surface area contributed by atoms with Gasteiger partial charge in [0.2, 0.25) is 0 Å². The zero-order chi connectivity index (χ0) is 12.6. The molecule has 0 fully saturated rings. The molecule has 0 N–H and O–H groups in total. The van der Waals surface area contributed by atoms with E-state index in [0.717, 1.165) is 10.9 Å². The molecule has 17 heavy (non-hydrogen) atoms. The van der Waals surface area contributed by atoms with E-state index in [1.54, 1.807) is 0 Å². The van der Waals surface area contributed by atoms with Crippen molar-refractivity contribution in [1.29, 1.82) is 0 Å². The minimum Gasteiger partial charge on any atom is -0.459 e. The summed E-state index contributed by atoms with van der Waals surface area (Å²) in [5.74, 6) is -0.261. The Morgan fingerprint density at radius 2 is 2.00 bits per heavy atom. The van der Waals surface area contributed by atoms with E-state index in [0.29, 0.717) is 5.56 Å². The maximum atomic E-state index is 11.8. The number of hydrogen-bond acceptors (Lipinski definition) is 2. The van der Waals surface area contributed by atoms with Crippen LogP contribution in [0.25, 0.3) is 10.9 Å². The lowest BCUT2D eigenvalue weighted by atomic mass is 10.1. The molecule has 0 saturated carbocycles. The van der Waals surface area contributed by atoms with Crippen molar-refractivity contribution in [2.75, 3.05) is 0 Å². The zero-order valence-corrected chi connectivity index (χ0v) is 10.7. The molecule has 0 spiro atoms. The van der Waals surface area contributed by atoms with Crippen molar-refractivity contribution in [2.45, 2.75) is 26.9 Å². The van der Waals surface area contributed by atoms with E-state index in [9.17, 15) is 4.79 Å². The first kappa shape index (κ1) is 11.7. The highest BCUT2D eigenvalue weighted by atomic mass is 16.5. The van der Waals surface area contributed by atoms with Gasteiger partial charge in [0.05, 0.1) is 11.7 Å². The number of fused-ring (bicyclic) bond motifs is 1. The van der Waals surface area contributed by atoms with Gasteiger partial charge in [0.1, 0.15) is 0 Å². The highest BCUT2D eigenvalue weighted by Gasteiger charge is 2.11. The van der Waals surface area contributed by atoms with Crippen molar-refractivity contribution in [3.63, 3.8) is 0 Å². The lowest BCUT2D eigenvalue weighted by molar-refractivity contribution is 0.0378. The molecule has 0 bridgehead atoms. The summed E-state index contributed by atoms with van der Waals surface area (Å²) < 4.78 is 7.28. The summed E-state index contributed by atoms with van der Waals surface area (Å²) in [5, 5.41) is 1.07. The van der Waals surface area contributed by atoms with Crippen LogP contribution in [0.2, 0.25) is 0 Å². The molecule has 2 aromatic rings. The largest absolute Gasteiger partial charge is 0.459 e. The summed E-state index contributed by atoms with van der Waals surface area (Å²) in [6.45, 7) is 5.75. The summed E-state index contributed by atoms with van der Waals surface area (Å²) in [4.78, 5) is 11.8. The molecule has 90 valence electrons. The number of benzene rings is 1. The molecule has 0 aliphatic heterocycles. The molecule has 0 atom stereocenters. The molecule has 1 aromatic heterocycles. The zero-order valence-electron chi connectivity index (χ0n) is 10.7. The number of carbonyl (C=O) groups excluding carboxylic acids is 1. The van der Waals surface area contributed by atoms with Gasteiger partial charge in [-0.2, -0.15) is 0 Å². The van der Waals surface area contributed by atoms with Crippen LogP contribution in [-0.4, -0.2) is 16.6 Å². The second kappa shape index (κ2) is 4.24. The molecule has 1 aromatic carbocycles. The number of carbonyl (C=O) groups is 1. The van der Waals surface area contributed by atoms with Crippen LogP contribution in [0, 0.1) is 6.92 Å². The Hall–Kier alpha value is -1.77. The van der Waals surface area contributed by atoms with Gasteiger partial charge in [0.25, 0.3) is 0 Å². The molecule has 0 aliphatic rings. The van der Waals surface area contributed by atoms with Gasteiger partial charge in [-0.1, -0.05) is 0 Å². The van der Waals surface area contributed by atoms with Crippen molar-refractivity contribution >= 4 is 16.9 Å². The fourth-order valence-corrected chi connectivity index (χ4v) is 1.90. The first-order valence-corrected chi connectivity index (χ1v) is 5.76. The fourth-order valence-electron chi connectivity index (χ4n) is 1.90. The maximum Gasteiger partial charge on any atom is 0.338 e. The second-order valence-corrected chi connectivity index (χ2v) is 4.57.